The Hall–Kier alpha value is -0.810. The maximum absolute atomic E-state index is 5.99. The molecule has 0 amide bonds. The largest absolute Gasteiger partial charge is 0.383 e. The molecule has 0 aliphatic rings. The number of methoxy groups -OCH3 is 1. The molecule has 2 rings (SSSR count). The minimum Gasteiger partial charge on any atom is -0.383 e. The molecule has 0 saturated heterocycles. The van der Waals surface area contributed by atoms with Gasteiger partial charge in [0, 0.05) is 19.9 Å². The third kappa shape index (κ3) is 3.36. The van der Waals surface area contributed by atoms with E-state index in [9.17, 15) is 0 Å². The van der Waals surface area contributed by atoms with Gasteiger partial charge in [-0.05, 0) is 17.7 Å². The van der Waals surface area contributed by atoms with Gasteiger partial charge in [-0.25, -0.2) is 4.98 Å². The maximum Gasteiger partial charge on any atom is 0.183 e. The van der Waals surface area contributed by atoms with Crippen molar-refractivity contribution < 1.29 is 4.74 Å². The predicted octanol–water partition coefficient (Wildman–Crippen LogP) is 4.18. The molecule has 0 fully saturated rings. The van der Waals surface area contributed by atoms with Crippen LogP contribution in [0.2, 0.25) is 10.0 Å². The van der Waals surface area contributed by atoms with Gasteiger partial charge in [-0.3, -0.25) is 0 Å². The minimum absolute atomic E-state index is 0.552. The molecular formula is C12H12Cl2N2OS. The summed E-state index contributed by atoms with van der Waals surface area (Å²) in [6.45, 7) is 1.40. The number of halogens is 2. The molecule has 1 N–H and O–H groups in total. The summed E-state index contributed by atoms with van der Waals surface area (Å²) >= 11 is 13.5. The summed E-state index contributed by atoms with van der Waals surface area (Å²) in [5.41, 5.74) is 1.02. The van der Waals surface area contributed by atoms with E-state index in [1.807, 2.05) is 18.3 Å². The first-order valence-corrected chi connectivity index (χ1v) is 6.92. The van der Waals surface area contributed by atoms with Crippen LogP contribution in [-0.2, 0) is 4.74 Å². The molecule has 0 unspecified atom stereocenters. The van der Waals surface area contributed by atoms with Crippen molar-refractivity contribution in [3.8, 4) is 10.4 Å². The summed E-state index contributed by atoms with van der Waals surface area (Å²) in [4.78, 5) is 5.34. The second-order valence-electron chi connectivity index (χ2n) is 3.58. The van der Waals surface area contributed by atoms with E-state index in [1.165, 1.54) is 0 Å². The Labute approximate surface area is 120 Å². The molecule has 0 atom stereocenters. The second kappa shape index (κ2) is 6.38. The first kappa shape index (κ1) is 13.6. The van der Waals surface area contributed by atoms with Crippen LogP contribution in [-0.4, -0.2) is 25.2 Å². The van der Waals surface area contributed by atoms with Crippen LogP contribution >= 0.6 is 34.5 Å². The quantitative estimate of drug-likeness (QED) is 0.842. The van der Waals surface area contributed by atoms with Crippen molar-refractivity contribution in [2.45, 2.75) is 0 Å². The summed E-state index contributed by atoms with van der Waals surface area (Å²) in [5.74, 6) is 0. The molecule has 18 heavy (non-hydrogen) atoms. The number of hydrogen-bond donors (Lipinski definition) is 1. The highest BCUT2D eigenvalue weighted by atomic mass is 35.5. The van der Waals surface area contributed by atoms with E-state index < -0.39 is 0 Å². The third-order valence-electron chi connectivity index (χ3n) is 2.29. The van der Waals surface area contributed by atoms with Gasteiger partial charge in [-0.1, -0.05) is 40.6 Å². The van der Waals surface area contributed by atoms with Crippen molar-refractivity contribution in [1.29, 1.82) is 0 Å². The SMILES string of the molecule is COCCNc1ncc(-c2ccc(Cl)c(Cl)c2)s1. The standard InChI is InChI=1S/C12H12Cl2N2OS/c1-17-5-4-15-12-16-7-11(18-12)8-2-3-9(13)10(14)6-8/h2-3,6-7H,4-5H2,1H3,(H,15,16). The van der Waals surface area contributed by atoms with Crippen molar-refractivity contribution >= 4 is 39.7 Å². The highest BCUT2D eigenvalue weighted by molar-refractivity contribution is 7.18. The van der Waals surface area contributed by atoms with Gasteiger partial charge in [0.15, 0.2) is 5.13 Å². The average molecular weight is 303 g/mol. The number of rotatable bonds is 5. The normalized spacial score (nSPS) is 10.6. The Bertz CT molecular complexity index is 531. The van der Waals surface area contributed by atoms with Gasteiger partial charge in [0.05, 0.1) is 21.5 Å². The highest BCUT2D eigenvalue weighted by Crippen LogP contribution is 2.32. The smallest absolute Gasteiger partial charge is 0.183 e. The number of nitrogens with one attached hydrogen (secondary N) is 1. The lowest BCUT2D eigenvalue weighted by molar-refractivity contribution is 0.211. The summed E-state index contributed by atoms with van der Waals surface area (Å²) in [6, 6.07) is 5.56. The topological polar surface area (TPSA) is 34.1 Å². The van der Waals surface area contributed by atoms with Crippen molar-refractivity contribution in [2.75, 3.05) is 25.6 Å². The summed E-state index contributed by atoms with van der Waals surface area (Å²) in [6.07, 6.45) is 1.82. The molecule has 0 aliphatic heterocycles. The Morgan fingerprint density at radius 2 is 2.17 bits per heavy atom. The lowest BCUT2D eigenvalue weighted by atomic mass is 10.2. The number of ether oxygens (including phenoxy) is 1. The molecule has 0 spiro atoms. The van der Waals surface area contributed by atoms with Crippen molar-refractivity contribution in [2.24, 2.45) is 0 Å². The van der Waals surface area contributed by atoms with Crippen LogP contribution in [0.25, 0.3) is 10.4 Å². The van der Waals surface area contributed by atoms with E-state index in [0.29, 0.717) is 16.7 Å². The molecule has 6 heteroatoms. The van der Waals surface area contributed by atoms with E-state index in [4.69, 9.17) is 27.9 Å². The van der Waals surface area contributed by atoms with E-state index >= 15 is 0 Å². The maximum atomic E-state index is 5.99. The van der Waals surface area contributed by atoms with E-state index in [0.717, 1.165) is 22.1 Å². The summed E-state index contributed by atoms with van der Waals surface area (Å²) in [7, 11) is 1.67. The first-order chi connectivity index (χ1) is 8.70. The Morgan fingerprint density at radius 3 is 2.89 bits per heavy atom. The fourth-order valence-electron chi connectivity index (χ4n) is 1.40. The fourth-order valence-corrected chi connectivity index (χ4v) is 2.53. The molecule has 0 radical (unpaired) electrons. The molecule has 1 heterocycles. The Balaban J connectivity index is 2.11. The Kier molecular flexibility index (Phi) is 4.83. The number of nitrogens with zero attached hydrogens (tertiary/aromatic N) is 1. The van der Waals surface area contributed by atoms with Gasteiger partial charge >= 0.3 is 0 Å². The van der Waals surface area contributed by atoms with Crippen LogP contribution in [0.4, 0.5) is 5.13 Å². The van der Waals surface area contributed by atoms with Crippen LogP contribution in [0, 0.1) is 0 Å². The number of thiazole rings is 1. The van der Waals surface area contributed by atoms with E-state index in [-0.39, 0.29) is 0 Å². The van der Waals surface area contributed by atoms with Crippen molar-refractivity contribution in [3.05, 3.63) is 34.4 Å². The van der Waals surface area contributed by atoms with Crippen molar-refractivity contribution in [3.63, 3.8) is 0 Å². The molecule has 0 saturated carbocycles. The molecule has 1 aromatic heterocycles. The zero-order chi connectivity index (χ0) is 13.0. The summed E-state index contributed by atoms with van der Waals surface area (Å²) in [5, 5.41) is 5.16. The van der Waals surface area contributed by atoms with Gasteiger partial charge < -0.3 is 10.1 Å². The van der Waals surface area contributed by atoms with Crippen molar-refractivity contribution in [1.82, 2.24) is 4.98 Å². The van der Waals surface area contributed by atoms with E-state index in [1.54, 1.807) is 24.5 Å². The van der Waals surface area contributed by atoms with E-state index in [2.05, 4.69) is 10.3 Å². The van der Waals surface area contributed by atoms with Gasteiger partial charge in [0.25, 0.3) is 0 Å². The Morgan fingerprint density at radius 1 is 1.33 bits per heavy atom. The van der Waals surface area contributed by atoms with Gasteiger partial charge in [0.2, 0.25) is 0 Å². The number of anilines is 1. The number of aromatic nitrogens is 1. The molecule has 1 aromatic carbocycles. The van der Waals surface area contributed by atoms with Gasteiger partial charge in [-0.2, -0.15) is 0 Å². The van der Waals surface area contributed by atoms with Crippen LogP contribution < -0.4 is 5.32 Å². The van der Waals surface area contributed by atoms with Crippen LogP contribution in [0.1, 0.15) is 0 Å². The average Bonchev–Trinajstić information content (AvgIpc) is 2.82. The first-order valence-electron chi connectivity index (χ1n) is 5.35. The third-order valence-corrected chi connectivity index (χ3v) is 4.04. The van der Waals surface area contributed by atoms with Gasteiger partial charge in [-0.15, -0.1) is 0 Å². The number of hydrogen-bond acceptors (Lipinski definition) is 4. The zero-order valence-electron chi connectivity index (χ0n) is 9.74. The zero-order valence-corrected chi connectivity index (χ0v) is 12.1. The second-order valence-corrected chi connectivity index (χ2v) is 5.42. The molecule has 2 aromatic rings. The highest BCUT2D eigenvalue weighted by Gasteiger charge is 2.06. The monoisotopic (exact) mass is 302 g/mol. The van der Waals surface area contributed by atoms with Gasteiger partial charge in [0.1, 0.15) is 0 Å². The summed E-state index contributed by atoms with van der Waals surface area (Å²) < 4.78 is 4.97. The van der Waals surface area contributed by atoms with Crippen LogP contribution in [0.15, 0.2) is 24.4 Å². The molecule has 0 bridgehead atoms. The molecule has 3 nitrogen and oxygen atoms in total. The van der Waals surface area contributed by atoms with Crippen LogP contribution in [0.3, 0.4) is 0 Å². The molecule has 0 aliphatic carbocycles. The molecule has 96 valence electrons. The lowest BCUT2D eigenvalue weighted by Gasteiger charge is -2.00. The fraction of sp³-hybridized carbons (Fsp3) is 0.250. The minimum atomic E-state index is 0.552. The lowest BCUT2D eigenvalue weighted by Crippen LogP contribution is -2.06. The van der Waals surface area contributed by atoms with Crippen LogP contribution in [0.5, 0.6) is 0 Å². The molecular weight excluding hydrogens is 291 g/mol. The number of benzene rings is 1. The predicted molar refractivity (Wildman–Crippen MR) is 77.9 cm³/mol.